The fraction of sp³-hybridized carbons (Fsp3) is 0.294. The smallest absolute Gasteiger partial charge is 0.301 e. The Morgan fingerprint density at radius 3 is 2.17 bits per heavy atom. The maximum Gasteiger partial charge on any atom is 0.301 e. The van der Waals surface area contributed by atoms with E-state index in [-0.39, 0.29) is 0 Å². The lowest BCUT2D eigenvalue weighted by Crippen LogP contribution is -2.28. The molecule has 0 atom stereocenters. The number of nitrogens with zero attached hydrogens (tertiary/aromatic N) is 2. The first-order valence-corrected chi connectivity index (χ1v) is 8.92. The van der Waals surface area contributed by atoms with E-state index in [9.17, 15) is 8.42 Å². The number of anilines is 3. The minimum absolute atomic E-state index is 0.544. The predicted octanol–water partition coefficient (Wildman–Crippen LogP) is 3.37. The highest BCUT2D eigenvalue weighted by molar-refractivity contribution is 7.90. The molecule has 0 bridgehead atoms. The third-order valence-corrected chi connectivity index (χ3v) is 4.99. The van der Waals surface area contributed by atoms with Crippen molar-refractivity contribution < 1.29 is 8.42 Å². The zero-order valence-electron chi connectivity index (χ0n) is 13.9. The van der Waals surface area contributed by atoms with Gasteiger partial charge in [0.05, 0.1) is 0 Å². The molecule has 0 saturated carbocycles. The van der Waals surface area contributed by atoms with Gasteiger partial charge < -0.3 is 4.90 Å². The molecule has 1 N–H and O–H groups in total. The number of hydrogen-bond donors (Lipinski definition) is 1. The van der Waals surface area contributed by atoms with Crippen LogP contribution in [0, 0.1) is 6.92 Å². The van der Waals surface area contributed by atoms with Crippen LogP contribution in [-0.2, 0) is 10.2 Å². The van der Waals surface area contributed by atoms with E-state index in [0.29, 0.717) is 5.69 Å². The monoisotopic (exact) mass is 333 g/mol. The SMILES string of the molecule is CCN(c1ccc(NS(=O)(=O)N(C)C)cc1)c1cccc(C)c1. The second-order valence-electron chi connectivity index (χ2n) is 5.52. The Kier molecular flexibility index (Phi) is 5.28. The number of benzene rings is 2. The molecule has 0 radical (unpaired) electrons. The molecule has 2 aromatic rings. The van der Waals surface area contributed by atoms with Crippen LogP contribution in [0.4, 0.5) is 17.1 Å². The van der Waals surface area contributed by atoms with Crippen LogP contribution in [0.1, 0.15) is 12.5 Å². The van der Waals surface area contributed by atoms with E-state index in [0.717, 1.165) is 22.2 Å². The van der Waals surface area contributed by atoms with Gasteiger partial charge >= 0.3 is 10.2 Å². The molecule has 0 saturated heterocycles. The highest BCUT2D eigenvalue weighted by Crippen LogP contribution is 2.27. The fourth-order valence-corrected chi connectivity index (χ4v) is 2.88. The summed E-state index contributed by atoms with van der Waals surface area (Å²) < 4.78 is 27.4. The van der Waals surface area contributed by atoms with Gasteiger partial charge in [-0.25, -0.2) is 0 Å². The molecule has 0 aliphatic carbocycles. The quantitative estimate of drug-likeness (QED) is 0.882. The Labute approximate surface area is 138 Å². The summed E-state index contributed by atoms with van der Waals surface area (Å²) in [6, 6.07) is 15.7. The second kappa shape index (κ2) is 7.02. The second-order valence-corrected chi connectivity index (χ2v) is 7.40. The van der Waals surface area contributed by atoms with Gasteiger partial charge in [0.1, 0.15) is 0 Å². The van der Waals surface area contributed by atoms with Crippen molar-refractivity contribution in [2.75, 3.05) is 30.3 Å². The predicted molar refractivity (Wildman–Crippen MR) is 96.5 cm³/mol. The minimum atomic E-state index is -3.48. The number of hydrogen-bond acceptors (Lipinski definition) is 3. The van der Waals surface area contributed by atoms with Gasteiger partial charge in [-0.05, 0) is 55.8 Å². The standard InChI is InChI=1S/C17H23N3O2S/c1-5-20(17-8-6-7-14(2)13-17)16-11-9-15(10-12-16)18-23(21,22)19(3)4/h6-13,18H,5H2,1-4H3. The molecular formula is C17H23N3O2S. The highest BCUT2D eigenvalue weighted by atomic mass is 32.2. The van der Waals surface area contributed by atoms with Crippen LogP contribution >= 0.6 is 0 Å². The Bertz CT molecular complexity index is 756. The van der Waals surface area contributed by atoms with Crippen LogP contribution in [0.25, 0.3) is 0 Å². The average Bonchev–Trinajstić information content (AvgIpc) is 2.49. The highest BCUT2D eigenvalue weighted by Gasteiger charge is 2.13. The first-order chi connectivity index (χ1) is 10.8. The Morgan fingerprint density at radius 1 is 1.00 bits per heavy atom. The number of nitrogens with one attached hydrogen (secondary N) is 1. The van der Waals surface area contributed by atoms with Crippen LogP contribution in [0.3, 0.4) is 0 Å². The van der Waals surface area contributed by atoms with Crippen molar-refractivity contribution in [1.29, 1.82) is 0 Å². The number of aryl methyl sites for hydroxylation is 1. The van der Waals surface area contributed by atoms with E-state index in [1.165, 1.54) is 19.7 Å². The summed E-state index contributed by atoms with van der Waals surface area (Å²) in [5, 5.41) is 0. The van der Waals surface area contributed by atoms with Crippen molar-refractivity contribution in [3.63, 3.8) is 0 Å². The molecule has 5 nitrogen and oxygen atoms in total. The van der Waals surface area contributed by atoms with E-state index in [4.69, 9.17) is 0 Å². The third-order valence-electron chi connectivity index (χ3n) is 3.54. The van der Waals surface area contributed by atoms with Crippen molar-refractivity contribution in [2.24, 2.45) is 0 Å². The number of rotatable bonds is 6. The van der Waals surface area contributed by atoms with Crippen LogP contribution in [0.2, 0.25) is 0 Å². The first kappa shape index (κ1) is 17.3. The molecule has 0 aliphatic heterocycles. The minimum Gasteiger partial charge on any atom is -0.342 e. The molecule has 6 heteroatoms. The first-order valence-electron chi connectivity index (χ1n) is 7.48. The van der Waals surface area contributed by atoms with Crippen LogP contribution in [0.5, 0.6) is 0 Å². The molecule has 2 aromatic carbocycles. The average molecular weight is 333 g/mol. The normalized spacial score (nSPS) is 11.5. The molecule has 0 aromatic heterocycles. The summed E-state index contributed by atoms with van der Waals surface area (Å²) in [4.78, 5) is 2.18. The Hall–Kier alpha value is -2.05. The molecular weight excluding hydrogens is 310 g/mol. The van der Waals surface area contributed by atoms with Crippen molar-refractivity contribution in [3.8, 4) is 0 Å². The zero-order chi connectivity index (χ0) is 17.0. The molecule has 2 rings (SSSR count). The van der Waals surface area contributed by atoms with Gasteiger partial charge in [-0.2, -0.15) is 12.7 Å². The van der Waals surface area contributed by atoms with Gasteiger partial charge in [0, 0.05) is 37.7 Å². The maximum atomic E-state index is 11.8. The van der Waals surface area contributed by atoms with Crippen LogP contribution in [0.15, 0.2) is 48.5 Å². The molecule has 0 fully saturated rings. The summed E-state index contributed by atoms with van der Waals surface area (Å²) in [6.45, 7) is 4.98. The van der Waals surface area contributed by atoms with E-state index in [1.807, 2.05) is 18.2 Å². The van der Waals surface area contributed by atoms with Gasteiger partial charge in [-0.3, -0.25) is 4.72 Å². The van der Waals surface area contributed by atoms with Gasteiger partial charge in [0.2, 0.25) is 0 Å². The molecule has 0 heterocycles. The van der Waals surface area contributed by atoms with Gasteiger partial charge in [-0.1, -0.05) is 12.1 Å². The van der Waals surface area contributed by atoms with Crippen molar-refractivity contribution in [2.45, 2.75) is 13.8 Å². The Morgan fingerprint density at radius 2 is 1.65 bits per heavy atom. The van der Waals surface area contributed by atoms with Crippen molar-refractivity contribution in [1.82, 2.24) is 4.31 Å². The fourth-order valence-electron chi connectivity index (χ4n) is 2.26. The van der Waals surface area contributed by atoms with E-state index in [2.05, 4.69) is 41.7 Å². The summed E-state index contributed by atoms with van der Waals surface area (Å²) in [7, 11) is -0.491. The zero-order valence-corrected chi connectivity index (χ0v) is 14.8. The van der Waals surface area contributed by atoms with Crippen molar-refractivity contribution >= 4 is 27.3 Å². The summed E-state index contributed by atoms with van der Waals surface area (Å²) in [5.74, 6) is 0. The van der Waals surface area contributed by atoms with Gasteiger partial charge in [0.25, 0.3) is 0 Å². The largest absolute Gasteiger partial charge is 0.342 e. The van der Waals surface area contributed by atoms with Gasteiger partial charge in [-0.15, -0.1) is 0 Å². The Balaban J connectivity index is 2.24. The third kappa shape index (κ3) is 4.24. The van der Waals surface area contributed by atoms with Gasteiger partial charge in [0.15, 0.2) is 0 Å². The van der Waals surface area contributed by atoms with E-state index in [1.54, 1.807) is 12.1 Å². The molecule has 0 aliphatic rings. The molecule has 0 spiro atoms. The molecule has 0 amide bonds. The van der Waals surface area contributed by atoms with Crippen LogP contribution < -0.4 is 9.62 Å². The van der Waals surface area contributed by atoms with Crippen molar-refractivity contribution in [3.05, 3.63) is 54.1 Å². The lowest BCUT2D eigenvalue weighted by atomic mass is 10.2. The summed E-state index contributed by atoms with van der Waals surface area (Å²) in [5.41, 5.74) is 3.89. The molecule has 23 heavy (non-hydrogen) atoms. The maximum absolute atomic E-state index is 11.8. The lowest BCUT2D eigenvalue weighted by Gasteiger charge is -2.24. The lowest BCUT2D eigenvalue weighted by molar-refractivity contribution is 0.527. The van der Waals surface area contributed by atoms with E-state index < -0.39 is 10.2 Å². The summed E-state index contributed by atoms with van der Waals surface area (Å²) in [6.07, 6.45) is 0. The summed E-state index contributed by atoms with van der Waals surface area (Å²) >= 11 is 0. The van der Waals surface area contributed by atoms with Crippen LogP contribution in [-0.4, -0.2) is 33.4 Å². The van der Waals surface area contributed by atoms with E-state index >= 15 is 0 Å². The molecule has 0 unspecified atom stereocenters. The molecule has 124 valence electrons. The topological polar surface area (TPSA) is 52.7 Å².